The summed E-state index contributed by atoms with van der Waals surface area (Å²) in [5.74, 6) is -1.04. The van der Waals surface area contributed by atoms with E-state index in [9.17, 15) is 14.7 Å². The molecular formula is C26H34FN3O4. The fourth-order valence-electron chi connectivity index (χ4n) is 5.81. The van der Waals surface area contributed by atoms with Crippen molar-refractivity contribution in [1.29, 1.82) is 0 Å². The van der Waals surface area contributed by atoms with Crippen molar-refractivity contribution >= 4 is 22.6 Å². The second kappa shape index (κ2) is 9.30. The van der Waals surface area contributed by atoms with Gasteiger partial charge in [0, 0.05) is 42.8 Å². The molecule has 3 atom stereocenters. The van der Waals surface area contributed by atoms with Gasteiger partial charge in [0.15, 0.2) is 0 Å². The number of aliphatic hydroxyl groups excluding tert-OH is 1. The molecule has 0 unspecified atom stereocenters. The molecule has 1 N–H and O–H groups in total. The lowest BCUT2D eigenvalue weighted by Crippen LogP contribution is -2.43. The zero-order valence-corrected chi connectivity index (χ0v) is 20.1. The molecule has 3 aliphatic rings. The third-order valence-electron chi connectivity index (χ3n) is 7.86. The predicted molar refractivity (Wildman–Crippen MR) is 129 cm³/mol. The molecule has 0 bridgehead atoms. The third-order valence-corrected chi connectivity index (χ3v) is 7.86. The van der Waals surface area contributed by atoms with E-state index in [1.54, 1.807) is 6.20 Å². The van der Waals surface area contributed by atoms with Crippen molar-refractivity contribution in [2.75, 3.05) is 44.2 Å². The molecule has 2 saturated heterocycles. The van der Waals surface area contributed by atoms with Crippen LogP contribution in [-0.2, 0) is 11.2 Å². The molecular weight excluding hydrogens is 437 g/mol. The van der Waals surface area contributed by atoms with Crippen LogP contribution in [0.3, 0.4) is 0 Å². The Morgan fingerprint density at radius 1 is 1.21 bits per heavy atom. The van der Waals surface area contributed by atoms with Crippen LogP contribution in [0.4, 0.5) is 10.1 Å². The minimum absolute atomic E-state index is 0.0320. The predicted octanol–water partition coefficient (Wildman–Crippen LogP) is 3.11. The fraction of sp³-hybridized carbons (Fsp3) is 0.615. The Hall–Kier alpha value is -2.45. The molecule has 0 radical (unpaired) electrons. The maximum absolute atomic E-state index is 15.5. The van der Waals surface area contributed by atoms with Crippen LogP contribution in [0.15, 0.2) is 17.1 Å². The van der Waals surface area contributed by atoms with Crippen LogP contribution >= 0.6 is 0 Å². The Bertz CT molecular complexity index is 1160. The van der Waals surface area contributed by atoms with E-state index in [1.807, 2.05) is 16.4 Å². The number of esters is 1. The Morgan fingerprint density at radius 2 is 1.97 bits per heavy atom. The highest BCUT2D eigenvalue weighted by atomic mass is 19.1. The highest BCUT2D eigenvalue weighted by molar-refractivity contribution is 5.96. The van der Waals surface area contributed by atoms with Gasteiger partial charge < -0.3 is 19.3 Å². The number of carbonyl (C=O) groups excluding carboxylic acids is 1. The maximum Gasteiger partial charge on any atom is 0.343 e. The Balaban J connectivity index is 1.51. The van der Waals surface area contributed by atoms with E-state index >= 15 is 4.39 Å². The number of ether oxygens (including phenoxy) is 1. The van der Waals surface area contributed by atoms with E-state index in [1.165, 1.54) is 6.07 Å². The zero-order chi connectivity index (χ0) is 24.0. The van der Waals surface area contributed by atoms with Crippen LogP contribution in [0.25, 0.3) is 10.9 Å². The van der Waals surface area contributed by atoms with Gasteiger partial charge in [0.2, 0.25) is 5.43 Å². The van der Waals surface area contributed by atoms with Gasteiger partial charge in [-0.3, -0.25) is 9.69 Å². The molecule has 7 nitrogen and oxygen atoms in total. The summed E-state index contributed by atoms with van der Waals surface area (Å²) in [5, 5.41) is 10.4. The Labute approximate surface area is 199 Å². The largest absolute Gasteiger partial charge is 0.461 e. The smallest absolute Gasteiger partial charge is 0.343 e. The lowest BCUT2D eigenvalue weighted by molar-refractivity contribution is 0.0470. The number of hydrogen-bond acceptors (Lipinski definition) is 6. The number of aliphatic hydroxyl groups is 1. The molecule has 5 rings (SSSR count). The van der Waals surface area contributed by atoms with Crippen molar-refractivity contribution in [1.82, 2.24) is 9.47 Å². The van der Waals surface area contributed by atoms with Gasteiger partial charge in [-0.1, -0.05) is 6.92 Å². The first-order valence-electron chi connectivity index (χ1n) is 12.6. The standard InChI is InChI=1S/C26H34FN3O4/c1-16-14-29(10-7-22(16)31)24-18-6-5-17(2)30-15-20(25(32)19(23(18)30)13-21(24)27)26(33)34-12-11-28-8-3-4-9-28/h13,15-17,22,31H,3-12,14H2,1-2H3/t16-,17-,22-/m0/s1. The maximum atomic E-state index is 15.5. The molecule has 2 aromatic rings. The van der Waals surface area contributed by atoms with E-state index in [4.69, 9.17) is 4.74 Å². The molecule has 0 aliphatic carbocycles. The third kappa shape index (κ3) is 4.11. The molecule has 4 heterocycles. The number of aryl methyl sites for hydroxylation is 1. The SMILES string of the molecule is C[C@H]1CN(c2c(F)cc3c(=O)c(C(=O)OCCN4CCCC4)cn4c3c2CC[C@@H]4C)CC[C@@H]1O. The molecule has 8 heteroatoms. The summed E-state index contributed by atoms with van der Waals surface area (Å²) in [6.45, 7) is 8.09. The summed E-state index contributed by atoms with van der Waals surface area (Å²) in [5.41, 5.74) is 1.57. The molecule has 3 aliphatic heterocycles. The first kappa shape index (κ1) is 23.3. The van der Waals surface area contributed by atoms with Gasteiger partial charge in [0.05, 0.1) is 17.3 Å². The number of pyridine rings is 1. The number of rotatable bonds is 5. The van der Waals surface area contributed by atoms with Crippen LogP contribution in [0.1, 0.15) is 61.5 Å². The highest BCUT2D eigenvalue weighted by Crippen LogP contribution is 2.39. The number of aromatic nitrogens is 1. The fourth-order valence-corrected chi connectivity index (χ4v) is 5.81. The highest BCUT2D eigenvalue weighted by Gasteiger charge is 2.32. The number of nitrogens with zero attached hydrogens (tertiary/aromatic N) is 3. The quantitative estimate of drug-likeness (QED) is 0.676. The lowest BCUT2D eigenvalue weighted by atomic mass is 9.91. The van der Waals surface area contributed by atoms with Gasteiger partial charge in [-0.15, -0.1) is 0 Å². The zero-order valence-electron chi connectivity index (χ0n) is 20.1. The molecule has 2 fully saturated rings. The minimum Gasteiger partial charge on any atom is -0.461 e. The van der Waals surface area contributed by atoms with E-state index in [-0.39, 0.29) is 35.6 Å². The summed E-state index contributed by atoms with van der Waals surface area (Å²) in [7, 11) is 0. The van der Waals surface area contributed by atoms with Gasteiger partial charge in [0.1, 0.15) is 18.0 Å². The van der Waals surface area contributed by atoms with Crippen molar-refractivity contribution < 1.29 is 19.0 Å². The van der Waals surface area contributed by atoms with Crippen molar-refractivity contribution in [3.63, 3.8) is 0 Å². The minimum atomic E-state index is -0.641. The summed E-state index contributed by atoms with van der Waals surface area (Å²) < 4.78 is 23.0. The van der Waals surface area contributed by atoms with Gasteiger partial charge in [0.25, 0.3) is 0 Å². The molecule has 1 aromatic carbocycles. The first-order chi connectivity index (χ1) is 16.3. The number of carbonyl (C=O) groups is 1. The van der Waals surface area contributed by atoms with Crippen molar-refractivity contribution in [3.8, 4) is 0 Å². The second-order valence-electron chi connectivity index (χ2n) is 10.2. The van der Waals surface area contributed by atoms with Crippen LogP contribution in [0, 0.1) is 11.7 Å². The van der Waals surface area contributed by atoms with E-state index in [2.05, 4.69) is 11.8 Å². The number of hydrogen-bond donors (Lipinski definition) is 1. The summed E-state index contributed by atoms with van der Waals surface area (Å²) in [6, 6.07) is 1.37. The average Bonchev–Trinajstić information content (AvgIpc) is 3.33. The van der Waals surface area contributed by atoms with Gasteiger partial charge >= 0.3 is 5.97 Å². The molecule has 34 heavy (non-hydrogen) atoms. The molecule has 1 aromatic heterocycles. The van der Waals surface area contributed by atoms with Crippen molar-refractivity contribution in [2.45, 2.75) is 58.1 Å². The second-order valence-corrected chi connectivity index (χ2v) is 10.2. The number of piperidine rings is 1. The monoisotopic (exact) mass is 471 g/mol. The van der Waals surface area contributed by atoms with Crippen LogP contribution in [-0.4, -0.2) is 66.0 Å². The normalized spacial score (nSPS) is 25.2. The number of benzene rings is 1. The summed E-state index contributed by atoms with van der Waals surface area (Å²) in [4.78, 5) is 30.4. The summed E-state index contributed by atoms with van der Waals surface area (Å²) in [6.07, 6.45) is 5.59. The molecule has 184 valence electrons. The Kier molecular flexibility index (Phi) is 6.37. The molecule has 0 amide bonds. The molecule has 0 spiro atoms. The van der Waals surface area contributed by atoms with Gasteiger partial charge in [-0.25, -0.2) is 9.18 Å². The summed E-state index contributed by atoms with van der Waals surface area (Å²) >= 11 is 0. The topological polar surface area (TPSA) is 75.0 Å². The van der Waals surface area contributed by atoms with Crippen molar-refractivity contribution in [3.05, 3.63) is 39.4 Å². The van der Waals surface area contributed by atoms with Crippen LogP contribution < -0.4 is 10.3 Å². The number of likely N-dealkylation sites (tertiary alicyclic amines) is 1. The van der Waals surface area contributed by atoms with Gasteiger partial charge in [-0.2, -0.15) is 0 Å². The average molecular weight is 472 g/mol. The van der Waals surface area contributed by atoms with Crippen molar-refractivity contribution in [2.24, 2.45) is 5.92 Å². The number of anilines is 1. The first-order valence-corrected chi connectivity index (χ1v) is 12.6. The van der Waals surface area contributed by atoms with Gasteiger partial charge in [-0.05, 0) is 64.1 Å². The van der Waals surface area contributed by atoms with Crippen LogP contribution in [0.5, 0.6) is 0 Å². The lowest BCUT2D eigenvalue weighted by Gasteiger charge is -2.38. The van der Waals surface area contributed by atoms with Crippen LogP contribution in [0.2, 0.25) is 0 Å². The number of halogens is 1. The van der Waals surface area contributed by atoms with E-state index in [0.717, 1.165) is 37.9 Å². The van der Waals surface area contributed by atoms with E-state index in [0.29, 0.717) is 43.7 Å². The Morgan fingerprint density at radius 3 is 2.71 bits per heavy atom. The van der Waals surface area contributed by atoms with E-state index < -0.39 is 17.2 Å². The molecule has 0 saturated carbocycles.